The molecular weight excluding hydrogens is 268 g/mol. The van der Waals surface area contributed by atoms with E-state index in [9.17, 15) is 4.79 Å². The summed E-state index contributed by atoms with van der Waals surface area (Å²) in [5, 5.41) is 0. The molecule has 1 saturated carbocycles. The molecule has 1 nitrogen and oxygen atoms in total. The van der Waals surface area contributed by atoms with Gasteiger partial charge in [0.25, 0.3) is 0 Å². The normalized spacial score (nSPS) is 15.1. The van der Waals surface area contributed by atoms with E-state index < -0.39 is 0 Å². The van der Waals surface area contributed by atoms with Crippen molar-refractivity contribution in [1.82, 2.24) is 0 Å². The fourth-order valence-corrected chi connectivity index (χ4v) is 3.64. The third kappa shape index (κ3) is 3.30. The molecule has 2 aromatic carbocycles. The maximum absolute atomic E-state index is 12.6. The Kier molecular flexibility index (Phi) is 4.72. The van der Waals surface area contributed by atoms with Gasteiger partial charge in [-0.15, -0.1) is 0 Å². The Labute approximate surface area is 133 Å². The van der Waals surface area contributed by atoms with Gasteiger partial charge in [-0.3, -0.25) is 4.79 Å². The molecule has 1 fully saturated rings. The molecule has 0 aromatic heterocycles. The van der Waals surface area contributed by atoms with Crippen molar-refractivity contribution in [3.05, 3.63) is 59.7 Å². The zero-order chi connectivity index (χ0) is 15.4. The van der Waals surface area contributed by atoms with Crippen molar-refractivity contribution in [3.63, 3.8) is 0 Å². The maximum Gasteiger partial charge on any atom is 0.163 e. The van der Waals surface area contributed by atoms with E-state index in [2.05, 4.69) is 25.1 Å². The highest BCUT2D eigenvalue weighted by Gasteiger charge is 2.18. The predicted octanol–water partition coefficient (Wildman–Crippen LogP) is 5.82. The Morgan fingerprint density at radius 3 is 2.45 bits per heavy atom. The first kappa shape index (κ1) is 15.0. The van der Waals surface area contributed by atoms with Crippen LogP contribution >= 0.6 is 0 Å². The van der Waals surface area contributed by atoms with Gasteiger partial charge < -0.3 is 0 Å². The van der Waals surface area contributed by atoms with Crippen molar-refractivity contribution in [2.45, 2.75) is 45.4 Å². The lowest BCUT2D eigenvalue weighted by Gasteiger charge is -2.12. The van der Waals surface area contributed by atoms with Crippen LogP contribution in [0, 0.1) is 12.8 Å². The van der Waals surface area contributed by atoms with E-state index in [-0.39, 0.29) is 0 Å². The first-order chi connectivity index (χ1) is 10.8. The number of hydrogen-bond acceptors (Lipinski definition) is 1. The summed E-state index contributed by atoms with van der Waals surface area (Å²) in [5.74, 6) is 1.09. The van der Waals surface area contributed by atoms with E-state index in [1.807, 2.05) is 30.3 Å². The van der Waals surface area contributed by atoms with Crippen LogP contribution in [0.3, 0.4) is 0 Å². The second-order valence-corrected chi connectivity index (χ2v) is 6.46. The summed E-state index contributed by atoms with van der Waals surface area (Å²) in [6.45, 7) is 2.07. The van der Waals surface area contributed by atoms with Crippen LogP contribution in [0.15, 0.2) is 48.5 Å². The summed E-state index contributed by atoms with van der Waals surface area (Å²) in [5.41, 5.74) is 4.38. The van der Waals surface area contributed by atoms with E-state index in [0.717, 1.165) is 23.5 Å². The number of carbonyl (C=O) groups is 1. The van der Waals surface area contributed by atoms with Gasteiger partial charge in [-0.25, -0.2) is 0 Å². The predicted molar refractivity (Wildman–Crippen MR) is 92.1 cm³/mol. The first-order valence-corrected chi connectivity index (χ1v) is 8.44. The van der Waals surface area contributed by atoms with Crippen molar-refractivity contribution >= 4 is 5.78 Å². The van der Waals surface area contributed by atoms with E-state index in [1.54, 1.807) is 0 Å². The lowest BCUT2D eigenvalue weighted by Crippen LogP contribution is -2.05. The van der Waals surface area contributed by atoms with Crippen LogP contribution in [0.4, 0.5) is 0 Å². The average molecular weight is 292 g/mol. The highest BCUT2D eigenvalue weighted by molar-refractivity contribution is 5.99. The third-order valence-corrected chi connectivity index (χ3v) is 4.97. The first-order valence-electron chi connectivity index (χ1n) is 8.44. The average Bonchev–Trinajstić information content (AvgIpc) is 3.07. The quantitative estimate of drug-likeness (QED) is 0.635. The van der Waals surface area contributed by atoms with E-state index >= 15 is 0 Å². The smallest absolute Gasteiger partial charge is 0.163 e. The van der Waals surface area contributed by atoms with Gasteiger partial charge in [0.2, 0.25) is 0 Å². The largest absolute Gasteiger partial charge is 0.294 e. The Morgan fingerprint density at radius 1 is 1.00 bits per heavy atom. The van der Waals surface area contributed by atoms with Gasteiger partial charge in [0.15, 0.2) is 5.78 Å². The fourth-order valence-electron chi connectivity index (χ4n) is 3.64. The van der Waals surface area contributed by atoms with Gasteiger partial charge in [0.05, 0.1) is 0 Å². The van der Waals surface area contributed by atoms with Crippen LogP contribution in [0.25, 0.3) is 11.1 Å². The molecule has 0 heterocycles. The minimum atomic E-state index is 0.308. The summed E-state index contributed by atoms with van der Waals surface area (Å²) in [6, 6.07) is 16.4. The van der Waals surface area contributed by atoms with Crippen molar-refractivity contribution in [2.75, 3.05) is 0 Å². The van der Waals surface area contributed by atoms with Crippen LogP contribution in [-0.4, -0.2) is 5.78 Å². The van der Waals surface area contributed by atoms with Gasteiger partial charge in [0, 0.05) is 12.0 Å². The molecule has 0 spiro atoms. The molecule has 3 rings (SSSR count). The second-order valence-electron chi connectivity index (χ2n) is 6.46. The zero-order valence-corrected chi connectivity index (χ0v) is 13.3. The SMILES string of the molecule is Cc1c(C(=O)CCC2CCCC2)cccc1-c1ccccc1. The molecule has 0 bridgehead atoms. The number of Topliss-reactive ketones (excluding diaryl/α,β-unsaturated/α-hetero) is 1. The lowest BCUT2D eigenvalue weighted by atomic mass is 9.91. The van der Waals surface area contributed by atoms with Crippen LogP contribution in [0.2, 0.25) is 0 Å². The van der Waals surface area contributed by atoms with E-state index in [1.165, 1.54) is 36.8 Å². The molecule has 114 valence electrons. The van der Waals surface area contributed by atoms with Crippen LogP contribution in [0.1, 0.15) is 54.4 Å². The molecule has 1 aliphatic carbocycles. The molecule has 0 amide bonds. The molecule has 0 unspecified atom stereocenters. The zero-order valence-electron chi connectivity index (χ0n) is 13.3. The summed E-state index contributed by atoms with van der Waals surface area (Å²) in [7, 11) is 0. The summed E-state index contributed by atoms with van der Waals surface area (Å²) in [6.07, 6.45) is 7.09. The van der Waals surface area contributed by atoms with Gasteiger partial charge >= 0.3 is 0 Å². The monoisotopic (exact) mass is 292 g/mol. The molecule has 0 saturated heterocycles. The maximum atomic E-state index is 12.6. The summed E-state index contributed by atoms with van der Waals surface area (Å²) < 4.78 is 0. The van der Waals surface area contributed by atoms with Gasteiger partial charge in [-0.1, -0.05) is 74.2 Å². The van der Waals surface area contributed by atoms with Crippen LogP contribution in [-0.2, 0) is 0 Å². The fraction of sp³-hybridized carbons (Fsp3) is 0.381. The second kappa shape index (κ2) is 6.91. The van der Waals surface area contributed by atoms with Crippen LogP contribution < -0.4 is 0 Å². The third-order valence-electron chi connectivity index (χ3n) is 4.97. The molecule has 22 heavy (non-hydrogen) atoms. The summed E-state index contributed by atoms with van der Waals surface area (Å²) in [4.78, 5) is 12.6. The number of hydrogen-bond donors (Lipinski definition) is 0. The minimum absolute atomic E-state index is 0.308. The Bertz CT molecular complexity index is 636. The number of benzene rings is 2. The molecule has 1 aliphatic rings. The minimum Gasteiger partial charge on any atom is -0.294 e. The van der Waals surface area contributed by atoms with Crippen molar-refractivity contribution in [3.8, 4) is 11.1 Å². The molecule has 1 heteroatoms. The lowest BCUT2D eigenvalue weighted by molar-refractivity contribution is 0.0973. The van der Waals surface area contributed by atoms with Gasteiger partial charge in [-0.2, -0.15) is 0 Å². The van der Waals surface area contributed by atoms with Crippen molar-refractivity contribution in [2.24, 2.45) is 5.92 Å². The number of carbonyl (C=O) groups excluding carboxylic acids is 1. The molecule has 0 radical (unpaired) electrons. The van der Waals surface area contributed by atoms with Crippen molar-refractivity contribution in [1.29, 1.82) is 0 Å². The molecule has 2 aromatic rings. The van der Waals surface area contributed by atoms with Crippen molar-refractivity contribution < 1.29 is 4.79 Å². The van der Waals surface area contributed by atoms with E-state index in [0.29, 0.717) is 12.2 Å². The Balaban J connectivity index is 1.77. The molecule has 0 N–H and O–H groups in total. The Morgan fingerprint density at radius 2 is 1.73 bits per heavy atom. The van der Waals surface area contributed by atoms with Crippen LogP contribution in [0.5, 0.6) is 0 Å². The number of rotatable bonds is 5. The topological polar surface area (TPSA) is 17.1 Å². The Hall–Kier alpha value is -1.89. The molecule has 0 aliphatic heterocycles. The number of ketones is 1. The van der Waals surface area contributed by atoms with Gasteiger partial charge in [-0.05, 0) is 36.0 Å². The standard InChI is InChI=1S/C21H24O/c1-16-19(18-10-3-2-4-11-18)12-7-13-20(16)21(22)15-14-17-8-5-6-9-17/h2-4,7,10-13,17H,5-6,8-9,14-15H2,1H3. The molecule has 0 atom stereocenters. The van der Waals surface area contributed by atoms with E-state index in [4.69, 9.17) is 0 Å². The highest BCUT2D eigenvalue weighted by atomic mass is 16.1. The molecular formula is C21H24O. The highest BCUT2D eigenvalue weighted by Crippen LogP contribution is 2.30. The summed E-state index contributed by atoms with van der Waals surface area (Å²) >= 11 is 0. The van der Waals surface area contributed by atoms with Gasteiger partial charge in [0.1, 0.15) is 0 Å².